The Morgan fingerprint density at radius 2 is 1.75 bits per heavy atom. The molecule has 0 saturated heterocycles. The molecule has 1 aliphatic rings. The lowest BCUT2D eigenvalue weighted by Crippen LogP contribution is -2.52. The van der Waals surface area contributed by atoms with Gasteiger partial charge in [-0.05, 0) is 62.2 Å². The van der Waals surface area contributed by atoms with Gasteiger partial charge >= 0.3 is 5.97 Å². The molecular formula is C33H30FN3O7. The van der Waals surface area contributed by atoms with Crippen LogP contribution in [0.15, 0.2) is 72.8 Å². The summed E-state index contributed by atoms with van der Waals surface area (Å²) in [6.07, 6.45) is 0. The Morgan fingerprint density at radius 3 is 2.48 bits per heavy atom. The highest BCUT2D eigenvalue weighted by molar-refractivity contribution is 6.09. The number of nitro benzene ring substituents is 1. The molecule has 4 aromatic rings. The molecule has 11 heteroatoms. The molecule has 0 saturated carbocycles. The van der Waals surface area contributed by atoms with Crippen LogP contribution in [0.2, 0.25) is 0 Å². The van der Waals surface area contributed by atoms with Crippen LogP contribution in [0.3, 0.4) is 0 Å². The normalized spacial score (nSPS) is 13.5. The van der Waals surface area contributed by atoms with E-state index in [0.29, 0.717) is 39.6 Å². The van der Waals surface area contributed by atoms with Crippen LogP contribution in [-0.4, -0.2) is 36.5 Å². The summed E-state index contributed by atoms with van der Waals surface area (Å²) in [5.74, 6) is -0.696. The van der Waals surface area contributed by atoms with Crippen molar-refractivity contribution in [3.05, 3.63) is 105 Å². The van der Waals surface area contributed by atoms with E-state index in [4.69, 9.17) is 14.2 Å². The van der Waals surface area contributed by atoms with Crippen molar-refractivity contribution in [1.82, 2.24) is 0 Å². The number of aryl methyl sites for hydroxylation is 1. The number of esters is 1. The van der Waals surface area contributed by atoms with E-state index in [-0.39, 0.29) is 29.5 Å². The molecule has 0 bridgehead atoms. The van der Waals surface area contributed by atoms with Crippen molar-refractivity contribution in [2.24, 2.45) is 0 Å². The molecule has 10 nitrogen and oxygen atoms in total. The minimum Gasteiger partial charge on any atom is -0.496 e. The first-order valence-corrected chi connectivity index (χ1v) is 13.7. The van der Waals surface area contributed by atoms with Gasteiger partial charge in [0, 0.05) is 36.4 Å². The van der Waals surface area contributed by atoms with Crippen LogP contribution in [0.5, 0.6) is 17.2 Å². The summed E-state index contributed by atoms with van der Waals surface area (Å²) in [7, 11) is 3.14. The zero-order valence-corrected chi connectivity index (χ0v) is 24.8. The fourth-order valence-corrected chi connectivity index (χ4v) is 5.23. The Bertz CT molecular complexity index is 1800. The fourth-order valence-electron chi connectivity index (χ4n) is 5.23. The summed E-state index contributed by atoms with van der Waals surface area (Å²) in [5.41, 5.74) is 2.52. The minimum absolute atomic E-state index is 0.0138. The molecule has 0 fully saturated rings. The molecule has 1 aliphatic heterocycles. The van der Waals surface area contributed by atoms with Crippen molar-refractivity contribution in [3.8, 4) is 28.4 Å². The fraction of sp³-hybridized carbons (Fsp3) is 0.212. The Morgan fingerprint density at radius 1 is 1.02 bits per heavy atom. The lowest BCUT2D eigenvalue weighted by Gasteiger charge is -2.39. The van der Waals surface area contributed by atoms with Crippen LogP contribution in [-0.2, 0) is 11.4 Å². The summed E-state index contributed by atoms with van der Waals surface area (Å²) < 4.78 is 31.3. The van der Waals surface area contributed by atoms with Crippen LogP contribution in [0.25, 0.3) is 11.1 Å². The molecule has 226 valence electrons. The van der Waals surface area contributed by atoms with Gasteiger partial charge in [0.05, 0.1) is 23.4 Å². The van der Waals surface area contributed by atoms with Gasteiger partial charge in [0.15, 0.2) is 0 Å². The van der Waals surface area contributed by atoms with E-state index in [9.17, 15) is 24.1 Å². The Labute approximate surface area is 253 Å². The summed E-state index contributed by atoms with van der Waals surface area (Å²) in [6.45, 7) is 5.38. The number of hydrogen-bond donors (Lipinski definition) is 1. The second kappa shape index (κ2) is 11.7. The summed E-state index contributed by atoms with van der Waals surface area (Å²) in [6, 6.07) is 18.2. The molecule has 4 aromatic carbocycles. The number of anilines is 2. The average Bonchev–Trinajstić information content (AvgIpc) is 3.00. The molecule has 1 N–H and O–H groups in total. The third kappa shape index (κ3) is 5.63. The first-order valence-electron chi connectivity index (χ1n) is 13.7. The maximum atomic E-state index is 14.1. The van der Waals surface area contributed by atoms with Gasteiger partial charge in [-0.15, -0.1) is 0 Å². The first-order chi connectivity index (χ1) is 20.9. The van der Waals surface area contributed by atoms with E-state index < -0.39 is 22.2 Å². The lowest BCUT2D eigenvalue weighted by atomic mass is 9.91. The lowest BCUT2D eigenvalue weighted by molar-refractivity contribution is -0.385. The monoisotopic (exact) mass is 599 g/mol. The van der Waals surface area contributed by atoms with E-state index in [1.54, 1.807) is 44.0 Å². The van der Waals surface area contributed by atoms with Crippen molar-refractivity contribution in [2.75, 3.05) is 24.4 Å². The van der Waals surface area contributed by atoms with E-state index in [0.717, 1.165) is 5.56 Å². The Kier molecular flexibility index (Phi) is 7.97. The molecule has 0 spiro atoms. The van der Waals surface area contributed by atoms with E-state index in [2.05, 4.69) is 5.32 Å². The van der Waals surface area contributed by atoms with Gasteiger partial charge in [0.1, 0.15) is 40.8 Å². The molecule has 1 amide bonds. The Balaban J connectivity index is 1.57. The third-order valence-electron chi connectivity index (χ3n) is 7.42. The topological polar surface area (TPSA) is 120 Å². The highest BCUT2D eigenvalue weighted by Crippen LogP contribution is 2.45. The number of nitrogens with one attached hydrogen (secondary N) is 1. The largest absolute Gasteiger partial charge is 0.496 e. The van der Waals surface area contributed by atoms with Crippen molar-refractivity contribution < 1.29 is 33.1 Å². The smallest absolute Gasteiger partial charge is 0.350 e. The zero-order valence-electron chi connectivity index (χ0n) is 24.8. The van der Waals surface area contributed by atoms with Crippen LogP contribution in [0.4, 0.5) is 21.5 Å². The highest BCUT2D eigenvalue weighted by atomic mass is 19.1. The number of nitrogens with zero attached hydrogens (tertiary/aromatic N) is 2. The summed E-state index contributed by atoms with van der Waals surface area (Å²) >= 11 is 0. The number of ether oxygens (including phenoxy) is 3. The van der Waals surface area contributed by atoms with Gasteiger partial charge in [-0.1, -0.05) is 24.3 Å². The predicted molar refractivity (Wildman–Crippen MR) is 163 cm³/mol. The second-order valence-electron chi connectivity index (χ2n) is 10.8. The number of carbonyl (C=O) groups is 2. The molecule has 44 heavy (non-hydrogen) atoms. The number of amides is 1. The predicted octanol–water partition coefficient (Wildman–Crippen LogP) is 6.68. The van der Waals surface area contributed by atoms with Crippen LogP contribution < -0.4 is 24.4 Å². The molecule has 0 unspecified atom stereocenters. The van der Waals surface area contributed by atoms with E-state index in [1.807, 2.05) is 19.1 Å². The van der Waals surface area contributed by atoms with Crippen LogP contribution in [0.1, 0.15) is 35.3 Å². The van der Waals surface area contributed by atoms with Crippen molar-refractivity contribution in [1.29, 1.82) is 0 Å². The van der Waals surface area contributed by atoms with Gasteiger partial charge < -0.3 is 24.4 Å². The number of halogens is 1. The van der Waals surface area contributed by atoms with Crippen molar-refractivity contribution >= 4 is 28.9 Å². The number of methoxy groups -OCH3 is 1. The standard InChI is InChI=1S/C33H30FN3O7/c1-19-10-11-20(34)16-28(19)43-18-25-22(14-15-26-30(25)36(4)32(39)33(2,3)35-26)23-13-12-21(17-29(23)42-5)44-31(38)24-8-6-7-9-27(24)37(40)41/h6-17,35H,18H2,1-5H3. The maximum absolute atomic E-state index is 14.1. The number of para-hydroxylation sites is 1. The van der Waals surface area contributed by atoms with Crippen LogP contribution in [0, 0.1) is 22.9 Å². The number of nitro groups is 1. The van der Waals surface area contributed by atoms with Gasteiger partial charge in [-0.25, -0.2) is 9.18 Å². The number of rotatable bonds is 8. The van der Waals surface area contributed by atoms with Crippen molar-refractivity contribution in [3.63, 3.8) is 0 Å². The van der Waals surface area contributed by atoms with Gasteiger partial charge in [-0.2, -0.15) is 0 Å². The van der Waals surface area contributed by atoms with Gasteiger partial charge in [-0.3, -0.25) is 14.9 Å². The SMILES string of the molecule is COc1cc(OC(=O)c2ccccc2[N+](=O)[O-])ccc1-c1ccc2c(c1COc1cc(F)ccc1C)N(C)C(=O)C(C)(C)N2. The Hall–Kier alpha value is -5.45. The van der Waals surface area contributed by atoms with Gasteiger partial charge in [0.25, 0.3) is 11.6 Å². The maximum Gasteiger partial charge on any atom is 0.350 e. The second-order valence-corrected chi connectivity index (χ2v) is 10.8. The van der Waals surface area contributed by atoms with Crippen LogP contribution >= 0.6 is 0 Å². The summed E-state index contributed by atoms with van der Waals surface area (Å²) in [5, 5.41) is 14.7. The third-order valence-corrected chi connectivity index (χ3v) is 7.42. The quantitative estimate of drug-likeness (QED) is 0.103. The number of likely N-dealkylation sites (N-methyl/N-ethyl adjacent to an activating group) is 1. The molecule has 5 rings (SSSR count). The van der Waals surface area contributed by atoms with E-state index >= 15 is 0 Å². The molecule has 0 radical (unpaired) electrons. The number of hydrogen-bond acceptors (Lipinski definition) is 8. The molecule has 0 aliphatic carbocycles. The summed E-state index contributed by atoms with van der Waals surface area (Å²) in [4.78, 5) is 38.5. The molecule has 0 aromatic heterocycles. The van der Waals surface area contributed by atoms with Crippen molar-refractivity contribution in [2.45, 2.75) is 32.9 Å². The molecule has 1 heterocycles. The minimum atomic E-state index is -0.894. The number of fused-ring (bicyclic) bond motifs is 1. The van der Waals surface area contributed by atoms with E-state index in [1.165, 1.54) is 49.6 Å². The zero-order chi connectivity index (χ0) is 31.8. The molecule has 0 atom stereocenters. The first kappa shape index (κ1) is 30.0. The molecular weight excluding hydrogens is 569 g/mol. The van der Waals surface area contributed by atoms with Gasteiger partial charge in [0.2, 0.25) is 0 Å². The number of carbonyl (C=O) groups excluding carboxylic acids is 2. The highest BCUT2D eigenvalue weighted by Gasteiger charge is 2.39. The number of benzene rings is 4. The average molecular weight is 600 g/mol.